The quantitative estimate of drug-likeness (QED) is 0.914. The van der Waals surface area contributed by atoms with Crippen molar-refractivity contribution in [1.29, 1.82) is 0 Å². The number of H-pyrrole nitrogens is 1. The summed E-state index contributed by atoms with van der Waals surface area (Å²) in [5.41, 5.74) is 0.0190. The van der Waals surface area contributed by atoms with E-state index in [0.717, 1.165) is 0 Å². The summed E-state index contributed by atoms with van der Waals surface area (Å²) in [4.78, 5) is 25.9. The molecule has 5 heteroatoms. The summed E-state index contributed by atoms with van der Waals surface area (Å²) in [5, 5.41) is 7.40. The van der Waals surface area contributed by atoms with Crippen molar-refractivity contribution >= 4 is 16.7 Å². The molecule has 2 aromatic rings. The fourth-order valence-corrected chi connectivity index (χ4v) is 2.16. The first-order valence-electron chi connectivity index (χ1n) is 6.34. The molecular weight excluding hydrogens is 242 g/mol. The van der Waals surface area contributed by atoms with E-state index in [-0.39, 0.29) is 17.5 Å². The highest BCUT2D eigenvalue weighted by Crippen LogP contribution is 2.15. The van der Waals surface area contributed by atoms with E-state index in [1.54, 1.807) is 29.2 Å². The molecule has 0 saturated carbocycles. The number of aromatic nitrogens is 2. The average Bonchev–Trinajstić information content (AvgIpc) is 2.39. The third-order valence-corrected chi connectivity index (χ3v) is 3.12. The van der Waals surface area contributed by atoms with E-state index in [2.05, 4.69) is 10.2 Å². The lowest BCUT2D eigenvalue weighted by atomic mass is 10.1. The van der Waals surface area contributed by atoms with Crippen LogP contribution >= 0.6 is 0 Å². The third kappa shape index (κ3) is 2.36. The van der Waals surface area contributed by atoms with Crippen LogP contribution < -0.4 is 5.56 Å². The van der Waals surface area contributed by atoms with Gasteiger partial charge in [-0.1, -0.05) is 18.2 Å². The van der Waals surface area contributed by atoms with E-state index < -0.39 is 0 Å². The van der Waals surface area contributed by atoms with Gasteiger partial charge in [0.2, 0.25) is 0 Å². The predicted octanol–water partition coefficient (Wildman–Crippen LogP) is 1.79. The van der Waals surface area contributed by atoms with Crippen molar-refractivity contribution in [1.82, 2.24) is 15.1 Å². The molecule has 0 aliphatic carbocycles. The van der Waals surface area contributed by atoms with Crippen LogP contribution in [0.1, 0.15) is 31.3 Å². The second-order valence-corrected chi connectivity index (χ2v) is 4.63. The molecule has 1 N–H and O–H groups in total. The van der Waals surface area contributed by atoms with E-state index in [1.165, 1.54) is 0 Å². The van der Waals surface area contributed by atoms with Crippen LogP contribution in [0.5, 0.6) is 0 Å². The van der Waals surface area contributed by atoms with Gasteiger partial charge in [-0.3, -0.25) is 9.59 Å². The first kappa shape index (κ1) is 13.3. The van der Waals surface area contributed by atoms with Crippen LogP contribution in [-0.4, -0.2) is 33.6 Å². The van der Waals surface area contributed by atoms with Crippen molar-refractivity contribution in [2.24, 2.45) is 0 Å². The molecule has 0 aliphatic heterocycles. The van der Waals surface area contributed by atoms with Crippen LogP contribution in [0.2, 0.25) is 0 Å². The highest BCUT2D eigenvalue weighted by molar-refractivity contribution is 6.04. The molecule has 1 aromatic heterocycles. The minimum absolute atomic E-state index is 0.0880. The Labute approximate surface area is 111 Å². The number of carbonyl (C=O) groups excluding carboxylic acids is 1. The van der Waals surface area contributed by atoms with Gasteiger partial charge in [-0.05, 0) is 26.8 Å². The van der Waals surface area contributed by atoms with Gasteiger partial charge in [-0.25, -0.2) is 5.10 Å². The lowest BCUT2D eigenvalue weighted by Crippen LogP contribution is -2.37. The molecule has 0 saturated heterocycles. The van der Waals surface area contributed by atoms with Gasteiger partial charge in [-0.2, -0.15) is 5.10 Å². The number of hydrogen-bond acceptors (Lipinski definition) is 3. The summed E-state index contributed by atoms with van der Waals surface area (Å²) in [6.45, 7) is 6.43. The molecule has 0 unspecified atom stereocenters. The molecule has 19 heavy (non-hydrogen) atoms. The van der Waals surface area contributed by atoms with E-state index in [1.807, 2.05) is 20.8 Å². The normalized spacial score (nSPS) is 10.9. The van der Waals surface area contributed by atoms with Crippen molar-refractivity contribution in [2.75, 3.05) is 6.54 Å². The Hall–Kier alpha value is -2.17. The molecule has 1 aromatic carbocycles. The molecule has 100 valence electrons. The van der Waals surface area contributed by atoms with Gasteiger partial charge in [0, 0.05) is 18.0 Å². The van der Waals surface area contributed by atoms with Crippen LogP contribution in [0.15, 0.2) is 29.1 Å². The van der Waals surface area contributed by atoms with Gasteiger partial charge in [0.25, 0.3) is 11.5 Å². The predicted molar refractivity (Wildman–Crippen MR) is 74.2 cm³/mol. The maximum atomic E-state index is 12.5. The number of carbonyl (C=O) groups is 1. The Morgan fingerprint density at radius 1 is 1.32 bits per heavy atom. The number of nitrogens with zero attached hydrogens (tertiary/aromatic N) is 2. The highest BCUT2D eigenvalue weighted by atomic mass is 16.2. The Balaban J connectivity index is 2.60. The van der Waals surface area contributed by atoms with Crippen molar-refractivity contribution in [2.45, 2.75) is 26.8 Å². The fourth-order valence-electron chi connectivity index (χ4n) is 2.16. The Kier molecular flexibility index (Phi) is 3.64. The number of amides is 1. The lowest BCUT2D eigenvalue weighted by Gasteiger charge is -2.24. The van der Waals surface area contributed by atoms with Gasteiger partial charge in [0.05, 0.1) is 5.39 Å². The zero-order valence-corrected chi connectivity index (χ0v) is 11.3. The van der Waals surface area contributed by atoms with Crippen molar-refractivity contribution in [3.63, 3.8) is 0 Å². The van der Waals surface area contributed by atoms with E-state index in [9.17, 15) is 9.59 Å². The molecule has 0 bridgehead atoms. The van der Waals surface area contributed by atoms with Crippen molar-refractivity contribution in [3.8, 4) is 0 Å². The largest absolute Gasteiger partial charge is 0.335 e. The first-order valence-corrected chi connectivity index (χ1v) is 6.34. The highest BCUT2D eigenvalue weighted by Gasteiger charge is 2.21. The topological polar surface area (TPSA) is 66.1 Å². The number of fused-ring (bicyclic) bond motifs is 1. The minimum atomic E-state index is -0.278. The molecule has 0 radical (unpaired) electrons. The van der Waals surface area contributed by atoms with Crippen LogP contribution in [-0.2, 0) is 0 Å². The zero-order chi connectivity index (χ0) is 14.0. The SMILES string of the molecule is CCN(C(=O)c1n[nH]c(=O)c2ccccc12)C(C)C. The molecular formula is C14H17N3O2. The Morgan fingerprint density at radius 3 is 2.53 bits per heavy atom. The first-order chi connectivity index (χ1) is 9.06. The second kappa shape index (κ2) is 5.22. The summed E-state index contributed by atoms with van der Waals surface area (Å²) in [6.07, 6.45) is 0. The van der Waals surface area contributed by atoms with Crippen LogP contribution in [0.3, 0.4) is 0 Å². The fraction of sp³-hybridized carbons (Fsp3) is 0.357. The van der Waals surface area contributed by atoms with Crippen LogP contribution in [0, 0.1) is 0 Å². The number of rotatable bonds is 3. The summed E-state index contributed by atoms with van der Waals surface area (Å²) < 4.78 is 0. The summed E-state index contributed by atoms with van der Waals surface area (Å²) >= 11 is 0. The number of hydrogen-bond donors (Lipinski definition) is 1. The molecule has 0 atom stereocenters. The maximum Gasteiger partial charge on any atom is 0.275 e. The third-order valence-electron chi connectivity index (χ3n) is 3.12. The summed E-state index contributed by atoms with van der Waals surface area (Å²) in [6, 6.07) is 7.10. The van der Waals surface area contributed by atoms with Crippen LogP contribution in [0.25, 0.3) is 10.8 Å². The molecule has 1 amide bonds. The standard InChI is InChI=1S/C14H17N3O2/c1-4-17(9(2)3)14(19)12-10-7-5-6-8-11(10)13(18)16-15-12/h5-9H,4H2,1-3H3,(H,16,18). The number of benzene rings is 1. The van der Waals surface area contributed by atoms with Gasteiger partial charge >= 0.3 is 0 Å². The average molecular weight is 259 g/mol. The van der Waals surface area contributed by atoms with Crippen molar-refractivity contribution in [3.05, 3.63) is 40.3 Å². The van der Waals surface area contributed by atoms with Crippen molar-refractivity contribution < 1.29 is 4.79 Å². The number of aromatic amines is 1. The van der Waals surface area contributed by atoms with Gasteiger partial charge < -0.3 is 4.90 Å². The number of nitrogens with one attached hydrogen (secondary N) is 1. The molecule has 0 spiro atoms. The van der Waals surface area contributed by atoms with Gasteiger partial charge in [0.15, 0.2) is 5.69 Å². The van der Waals surface area contributed by atoms with E-state index in [0.29, 0.717) is 23.0 Å². The smallest absolute Gasteiger partial charge is 0.275 e. The molecule has 0 fully saturated rings. The molecule has 1 heterocycles. The minimum Gasteiger partial charge on any atom is -0.335 e. The lowest BCUT2D eigenvalue weighted by molar-refractivity contribution is 0.0712. The van der Waals surface area contributed by atoms with Gasteiger partial charge in [0.1, 0.15) is 0 Å². The van der Waals surface area contributed by atoms with Crippen LogP contribution in [0.4, 0.5) is 0 Å². The van der Waals surface area contributed by atoms with E-state index in [4.69, 9.17) is 0 Å². The van der Waals surface area contributed by atoms with Gasteiger partial charge in [-0.15, -0.1) is 0 Å². The zero-order valence-electron chi connectivity index (χ0n) is 11.3. The Morgan fingerprint density at radius 2 is 1.95 bits per heavy atom. The molecule has 2 rings (SSSR count). The molecule has 0 aliphatic rings. The summed E-state index contributed by atoms with van der Waals surface area (Å²) in [5.74, 6) is -0.162. The second-order valence-electron chi connectivity index (χ2n) is 4.63. The molecule has 5 nitrogen and oxygen atoms in total. The Bertz CT molecular complexity index is 661. The monoisotopic (exact) mass is 259 g/mol. The van der Waals surface area contributed by atoms with E-state index >= 15 is 0 Å². The summed E-state index contributed by atoms with van der Waals surface area (Å²) in [7, 11) is 0. The maximum absolute atomic E-state index is 12.5.